The van der Waals surface area contributed by atoms with Crippen molar-refractivity contribution >= 4 is 12.0 Å². The molecule has 0 bridgehead atoms. The number of hydrazine groups is 1. The molecule has 0 saturated heterocycles. The van der Waals surface area contributed by atoms with Gasteiger partial charge in [0.15, 0.2) is 0 Å². The predicted octanol–water partition coefficient (Wildman–Crippen LogP) is 3.25. The molecule has 0 fully saturated rings. The summed E-state index contributed by atoms with van der Waals surface area (Å²) in [5.41, 5.74) is 6.35. The van der Waals surface area contributed by atoms with Crippen LogP contribution in [0, 0.1) is 0 Å². The number of nitrogens with zero attached hydrogens (tertiary/aromatic N) is 1. The van der Waals surface area contributed by atoms with Crippen molar-refractivity contribution in [1.29, 1.82) is 0 Å². The first-order chi connectivity index (χ1) is 12.5. The number of furan rings is 1. The van der Waals surface area contributed by atoms with Crippen LogP contribution in [0.15, 0.2) is 75.8 Å². The molecule has 2 rings (SSSR count). The average Bonchev–Trinajstić information content (AvgIpc) is 3.11. The molecular weight excluding hydrogens is 330 g/mol. The predicted molar refractivity (Wildman–Crippen MR) is 104 cm³/mol. The second-order valence-electron chi connectivity index (χ2n) is 5.55. The van der Waals surface area contributed by atoms with E-state index in [0.717, 1.165) is 29.6 Å². The molecule has 0 aliphatic heterocycles. The van der Waals surface area contributed by atoms with Crippen LogP contribution < -0.4 is 11.3 Å². The molecule has 1 unspecified atom stereocenters. The second-order valence-corrected chi connectivity index (χ2v) is 5.55. The molecule has 6 heteroatoms. The van der Waals surface area contributed by atoms with Crippen molar-refractivity contribution in [2.45, 2.75) is 32.9 Å². The van der Waals surface area contributed by atoms with E-state index in [2.05, 4.69) is 23.9 Å². The topological polar surface area (TPSA) is 89.9 Å². The summed E-state index contributed by atoms with van der Waals surface area (Å²) in [6, 6.07) is 1.74. The van der Waals surface area contributed by atoms with Crippen LogP contribution in [-0.4, -0.2) is 25.1 Å². The molecule has 140 valence electrons. The van der Waals surface area contributed by atoms with E-state index < -0.39 is 0 Å². The van der Waals surface area contributed by atoms with Gasteiger partial charge in [-0.05, 0) is 31.1 Å². The van der Waals surface area contributed by atoms with Crippen molar-refractivity contribution in [3.8, 4) is 0 Å². The molecular formula is C20H27N3O3. The number of aliphatic imine (C=N–C) groups is 1. The van der Waals surface area contributed by atoms with E-state index in [4.69, 9.17) is 15.0 Å². The van der Waals surface area contributed by atoms with E-state index in [1.165, 1.54) is 7.11 Å². The lowest BCUT2D eigenvalue weighted by Crippen LogP contribution is -2.35. The second kappa shape index (κ2) is 11.8. The molecule has 1 aromatic rings. The Bertz CT molecular complexity index is 698. The van der Waals surface area contributed by atoms with Gasteiger partial charge in [-0.2, -0.15) is 0 Å². The molecule has 0 radical (unpaired) electrons. The van der Waals surface area contributed by atoms with Gasteiger partial charge in [-0.25, -0.2) is 5.43 Å². The monoisotopic (exact) mass is 357 g/mol. The Morgan fingerprint density at radius 3 is 2.85 bits per heavy atom. The van der Waals surface area contributed by atoms with Crippen LogP contribution in [0.5, 0.6) is 0 Å². The van der Waals surface area contributed by atoms with E-state index >= 15 is 0 Å². The number of methoxy groups -OCH3 is 1. The Hall–Kier alpha value is -2.70. The highest BCUT2D eigenvalue weighted by Crippen LogP contribution is 2.11. The van der Waals surface area contributed by atoms with Gasteiger partial charge < -0.3 is 9.15 Å². The Morgan fingerprint density at radius 1 is 1.54 bits per heavy atom. The number of nitrogens with two attached hydrogens (primary N) is 1. The maximum Gasteiger partial charge on any atom is 0.150 e. The molecule has 1 aliphatic rings. The number of carbonyl (C=O) groups excluding carboxylic acids is 1. The van der Waals surface area contributed by atoms with Crippen molar-refractivity contribution in [1.82, 2.24) is 5.43 Å². The minimum Gasteiger partial charge on any atom is -0.499 e. The number of ether oxygens (including phenoxy) is 1. The quantitative estimate of drug-likeness (QED) is 0.338. The minimum absolute atomic E-state index is 0.182. The lowest BCUT2D eigenvalue weighted by Gasteiger charge is -2.13. The summed E-state index contributed by atoms with van der Waals surface area (Å²) in [5, 5.41) is 0. The first kappa shape index (κ1) is 21.3. The van der Waals surface area contributed by atoms with Crippen LogP contribution in [0.1, 0.15) is 25.8 Å². The minimum atomic E-state index is -0.182. The standard InChI is InChI=1S/C11H15NO.C9H12N2O2/c1-4-9(2)10(3)12-7-11-5-6-13-8-11;1-13-9-5-7(6-12)3-2-4-8(9)11-10/h5-6,8H,2,4,7H2,1,3H3;2-6,8,11H,10H2,1H3. The summed E-state index contributed by atoms with van der Waals surface area (Å²) >= 11 is 0. The van der Waals surface area contributed by atoms with Crippen LogP contribution in [0.4, 0.5) is 0 Å². The van der Waals surface area contributed by atoms with Gasteiger partial charge in [-0.3, -0.25) is 15.6 Å². The zero-order valence-electron chi connectivity index (χ0n) is 15.6. The molecule has 0 saturated carbocycles. The third kappa shape index (κ3) is 7.04. The van der Waals surface area contributed by atoms with Gasteiger partial charge in [0.05, 0.1) is 32.2 Å². The van der Waals surface area contributed by atoms with Crippen molar-refractivity contribution in [2.24, 2.45) is 10.8 Å². The fourth-order valence-electron chi connectivity index (χ4n) is 2.03. The van der Waals surface area contributed by atoms with Crippen LogP contribution in [-0.2, 0) is 16.1 Å². The van der Waals surface area contributed by atoms with Gasteiger partial charge in [0.2, 0.25) is 0 Å². The Morgan fingerprint density at radius 2 is 2.31 bits per heavy atom. The number of carbonyl (C=O) groups is 1. The molecule has 6 nitrogen and oxygen atoms in total. The van der Waals surface area contributed by atoms with Crippen LogP contribution >= 0.6 is 0 Å². The van der Waals surface area contributed by atoms with E-state index in [9.17, 15) is 4.79 Å². The average molecular weight is 357 g/mol. The maximum atomic E-state index is 10.5. The fourth-order valence-corrected chi connectivity index (χ4v) is 2.03. The Labute approximate surface area is 154 Å². The van der Waals surface area contributed by atoms with Crippen LogP contribution in [0.2, 0.25) is 0 Å². The number of aldehydes is 1. The van der Waals surface area contributed by atoms with Crippen LogP contribution in [0.3, 0.4) is 0 Å². The van der Waals surface area contributed by atoms with Gasteiger partial charge in [0, 0.05) is 16.8 Å². The maximum absolute atomic E-state index is 10.5. The fraction of sp³-hybridized carbons (Fsp3) is 0.300. The van der Waals surface area contributed by atoms with Crippen molar-refractivity contribution in [3.63, 3.8) is 0 Å². The highest BCUT2D eigenvalue weighted by molar-refractivity contribution is 5.97. The summed E-state index contributed by atoms with van der Waals surface area (Å²) in [5.74, 6) is 5.91. The lowest BCUT2D eigenvalue weighted by atomic mass is 10.1. The van der Waals surface area contributed by atoms with Gasteiger partial charge in [0.1, 0.15) is 12.0 Å². The van der Waals surface area contributed by atoms with Gasteiger partial charge in [-0.15, -0.1) is 0 Å². The molecule has 0 spiro atoms. The molecule has 1 atom stereocenters. The normalized spacial score (nSPS) is 16.6. The van der Waals surface area contributed by atoms with E-state index in [0.29, 0.717) is 17.9 Å². The molecule has 0 aromatic carbocycles. The number of hydrogen-bond donors (Lipinski definition) is 2. The van der Waals surface area contributed by atoms with E-state index in [1.54, 1.807) is 30.8 Å². The Balaban J connectivity index is 0.000000260. The number of allylic oxidation sites excluding steroid dienone is 5. The van der Waals surface area contributed by atoms with Crippen molar-refractivity contribution < 1.29 is 13.9 Å². The van der Waals surface area contributed by atoms with E-state index in [-0.39, 0.29) is 6.04 Å². The molecule has 3 N–H and O–H groups in total. The van der Waals surface area contributed by atoms with Crippen LogP contribution in [0.25, 0.3) is 0 Å². The van der Waals surface area contributed by atoms with E-state index in [1.807, 2.05) is 19.1 Å². The zero-order valence-corrected chi connectivity index (χ0v) is 15.6. The summed E-state index contributed by atoms with van der Waals surface area (Å²) in [6.07, 6.45) is 12.0. The van der Waals surface area contributed by atoms with Crippen molar-refractivity contribution in [3.05, 3.63) is 71.9 Å². The highest BCUT2D eigenvalue weighted by Gasteiger charge is 2.11. The first-order valence-corrected chi connectivity index (χ1v) is 8.31. The molecule has 1 heterocycles. The molecule has 0 amide bonds. The first-order valence-electron chi connectivity index (χ1n) is 8.31. The number of nitrogens with one attached hydrogen (secondary N) is 1. The summed E-state index contributed by atoms with van der Waals surface area (Å²) in [7, 11) is 1.54. The van der Waals surface area contributed by atoms with Gasteiger partial charge in [0.25, 0.3) is 0 Å². The summed E-state index contributed by atoms with van der Waals surface area (Å²) in [4.78, 5) is 14.9. The Kier molecular flexibility index (Phi) is 9.67. The number of rotatable bonds is 7. The smallest absolute Gasteiger partial charge is 0.150 e. The summed E-state index contributed by atoms with van der Waals surface area (Å²) in [6.45, 7) is 8.68. The zero-order chi connectivity index (χ0) is 19.4. The highest BCUT2D eigenvalue weighted by atomic mass is 16.5. The SMILES string of the molecule is C=C(CC)C(C)=NCc1ccoc1.COC1=CC(C=O)=CC=CC1NN. The molecule has 26 heavy (non-hydrogen) atoms. The summed E-state index contributed by atoms with van der Waals surface area (Å²) < 4.78 is 10.0. The van der Waals surface area contributed by atoms with Gasteiger partial charge >= 0.3 is 0 Å². The lowest BCUT2D eigenvalue weighted by molar-refractivity contribution is -0.104. The van der Waals surface area contributed by atoms with Gasteiger partial charge in [-0.1, -0.05) is 31.7 Å². The van der Waals surface area contributed by atoms with Crippen molar-refractivity contribution in [2.75, 3.05) is 7.11 Å². The third-order valence-corrected chi connectivity index (χ3v) is 3.78. The number of hydrogen-bond acceptors (Lipinski definition) is 6. The third-order valence-electron chi connectivity index (χ3n) is 3.78. The molecule has 1 aromatic heterocycles. The molecule has 1 aliphatic carbocycles. The largest absolute Gasteiger partial charge is 0.499 e.